The van der Waals surface area contributed by atoms with Gasteiger partial charge in [0.1, 0.15) is 5.76 Å². The fourth-order valence-corrected chi connectivity index (χ4v) is 1.51. The van der Waals surface area contributed by atoms with Gasteiger partial charge in [-0.2, -0.15) is 0 Å². The Hall–Kier alpha value is -1.13. The Morgan fingerprint density at radius 2 is 2.50 bits per heavy atom. The summed E-state index contributed by atoms with van der Waals surface area (Å²) < 4.78 is 9.27. The lowest BCUT2D eigenvalue weighted by atomic mass is 10.3. The summed E-state index contributed by atoms with van der Waals surface area (Å²) in [5.74, 6) is 0.845. The topological polar surface area (TPSA) is 52.0 Å². The Balaban J connectivity index is 2.35. The van der Waals surface area contributed by atoms with Crippen LogP contribution in [-0.4, -0.2) is 4.37 Å². The molecule has 0 unspecified atom stereocenters. The quantitative estimate of drug-likeness (QED) is 0.767. The minimum atomic E-state index is 0.516. The van der Waals surface area contributed by atoms with Crippen molar-refractivity contribution in [1.29, 1.82) is 0 Å². The molecular weight excluding hydrogens is 172 g/mol. The first-order chi connectivity index (χ1) is 5.90. The highest BCUT2D eigenvalue weighted by molar-refractivity contribution is 7.09. The van der Waals surface area contributed by atoms with Crippen molar-refractivity contribution in [2.75, 3.05) is 0 Å². The third-order valence-corrected chi connectivity index (χ3v) is 2.33. The molecule has 0 saturated carbocycles. The minimum absolute atomic E-state index is 0.516. The maximum atomic E-state index is 5.44. The molecule has 2 rings (SSSR count). The molecule has 62 valence electrons. The number of furan rings is 1. The Bertz CT molecular complexity index is 353. The first-order valence-corrected chi connectivity index (χ1v) is 4.36. The SMILES string of the molecule is NCc1coc(-c2ccns2)c1. The first kappa shape index (κ1) is 7.52. The number of nitrogens with zero attached hydrogens (tertiary/aromatic N) is 1. The summed E-state index contributed by atoms with van der Waals surface area (Å²) in [7, 11) is 0. The third-order valence-electron chi connectivity index (χ3n) is 1.57. The molecule has 0 amide bonds. The summed E-state index contributed by atoms with van der Waals surface area (Å²) >= 11 is 1.42. The van der Waals surface area contributed by atoms with Crippen LogP contribution >= 0.6 is 11.5 Å². The van der Waals surface area contributed by atoms with Gasteiger partial charge in [-0.3, -0.25) is 0 Å². The van der Waals surface area contributed by atoms with E-state index >= 15 is 0 Å². The van der Waals surface area contributed by atoms with Gasteiger partial charge in [0.05, 0.1) is 11.1 Å². The Morgan fingerprint density at radius 1 is 1.58 bits per heavy atom. The van der Waals surface area contributed by atoms with Crippen LogP contribution in [0.25, 0.3) is 10.6 Å². The highest BCUT2D eigenvalue weighted by Crippen LogP contribution is 2.24. The largest absolute Gasteiger partial charge is 0.463 e. The van der Waals surface area contributed by atoms with Crippen molar-refractivity contribution in [2.24, 2.45) is 5.73 Å². The fourth-order valence-electron chi connectivity index (χ4n) is 0.955. The van der Waals surface area contributed by atoms with E-state index in [4.69, 9.17) is 10.2 Å². The van der Waals surface area contributed by atoms with E-state index in [0.717, 1.165) is 16.2 Å². The zero-order valence-electron chi connectivity index (χ0n) is 6.36. The lowest BCUT2D eigenvalue weighted by Crippen LogP contribution is -1.92. The van der Waals surface area contributed by atoms with E-state index in [0.29, 0.717) is 6.54 Å². The number of nitrogens with two attached hydrogens (primary N) is 1. The van der Waals surface area contributed by atoms with Crippen molar-refractivity contribution in [3.63, 3.8) is 0 Å². The first-order valence-electron chi connectivity index (χ1n) is 3.58. The predicted molar refractivity (Wildman–Crippen MR) is 47.7 cm³/mol. The molecule has 0 aliphatic rings. The van der Waals surface area contributed by atoms with Gasteiger partial charge in [-0.25, -0.2) is 4.37 Å². The average Bonchev–Trinajstić information content (AvgIpc) is 2.75. The molecule has 12 heavy (non-hydrogen) atoms. The van der Waals surface area contributed by atoms with E-state index in [9.17, 15) is 0 Å². The van der Waals surface area contributed by atoms with E-state index in [1.807, 2.05) is 12.1 Å². The second-order valence-electron chi connectivity index (χ2n) is 2.40. The summed E-state index contributed by atoms with van der Waals surface area (Å²) in [6.45, 7) is 0.516. The van der Waals surface area contributed by atoms with Crippen LogP contribution in [0.4, 0.5) is 0 Å². The molecule has 0 spiro atoms. The number of aromatic nitrogens is 1. The van der Waals surface area contributed by atoms with Gasteiger partial charge in [-0.05, 0) is 23.7 Å². The lowest BCUT2D eigenvalue weighted by molar-refractivity contribution is 0.580. The highest BCUT2D eigenvalue weighted by Gasteiger charge is 2.04. The average molecular weight is 180 g/mol. The van der Waals surface area contributed by atoms with Gasteiger partial charge in [0.2, 0.25) is 0 Å². The fraction of sp³-hybridized carbons (Fsp3) is 0.125. The summed E-state index contributed by atoms with van der Waals surface area (Å²) in [6, 6.07) is 3.86. The summed E-state index contributed by atoms with van der Waals surface area (Å²) in [5.41, 5.74) is 6.46. The van der Waals surface area contributed by atoms with Crippen LogP contribution in [-0.2, 0) is 6.54 Å². The Kier molecular flexibility index (Phi) is 1.93. The molecule has 4 heteroatoms. The maximum Gasteiger partial charge on any atom is 0.145 e. The lowest BCUT2D eigenvalue weighted by Gasteiger charge is -1.84. The van der Waals surface area contributed by atoms with Crippen molar-refractivity contribution >= 4 is 11.5 Å². The van der Waals surface area contributed by atoms with Crippen LogP contribution < -0.4 is 5.73 Å². The number of rotatable bonds is 2. The van der Waals surface area contributed by atoms with Crippen LogP contribution in [0.15, 0.2) is 29.0 Å². The Labute approximate surface area is 74.0 Å². The van der Waals surface area contributed by atoms with Crippen molar-refractivity contribution in [2.45, 2.75) is 6.54 Å². The van der Waals surface area contributed by atoms with E-state index in [2.05, 4.69) is 4.37 Å². The van der Waals surface area contributed by atoms with E-state index in [1.54, 1.807) is 12.5 Å². The van der Waals surface area contributed by atoms with Crippen molar-refractivity contribution in [1.82, 2.24) is 4.37 Å². The summed E-state index contributed by atoms with van der Waals surface area (Å²) in [4.78, 5) is 1.04. The highest BCUT2D eigenvalue weighted by atomic mass is 32.1. The molecular formula is C8H8N2OS. The number of hydrogen-bond acceptors (Lipinski definition) is 4. The molecule has 0 atom stereocenters. The maximum absolute atomic E-state index is 5.44. The zero-order valence-corrected chi connectivity index (χ0v) is 7.17. The van der Waals surface area contributed by atoms with E-state index in [1.165, 1.54) is 11.5 Å². The van der Waals surface area contributed by atoms with Crippen molar-refractivity contribution in [3.8, 4) is 10.6 Å². The molecule has 0 saturated heterocycles. The van der Waals surface area contributed by atoms with E-state index < -0.39 is 0 Å². The summed E-state index contributed by atoms with van der Waals surface area (Å²) in [6.07, 6.45) is 3.43. The molecule has 3 nitrogen and oxygen atoms in total. The minimum Gasteiger partial charge on any atom is -0.463 e. The number of hydrogen-bond donors (Lipinski definition) is 1. The second-order valence-corrected chi connectivity index (χ2v) is 3.23. The van der Waals surface area contributed by atoms with Crippen LogP contribution in [0.5, 0.6) is 0 Å². The summed E-state index contributed by atoms with van der Waals surface area (Å²) in [5, 5.41) is 0. The normalized spacial score (nSPS) is 10.4. The van der Waals surface area contributed by atoms with Gasteiger partial charge in [-0.15, -0.1) is 0 Å². The zero-order chi connectivity index (χ0) is 8.39. The predicted octanol–water partition coefficient (Wildman–Crippen LogP) is 1.86. The van der Waals surface area contributed by atoms with Crippen LogP contribution in [0, 0.1) is 0 Å². The molecule has 2 aromatic rings. The molecule has 2 N–H and O–H groups in total. The van der Waals surface area contributed by atoms with Crippen molar-refractivity contribution < 1.29 is 4.42 Å². The van der Waals surface area contributed by atoms with Gasteiger partial charge in [0.15, 0.2) is 0 Å². The van der Waals surface area contributed by atoms with Gasteiger partial charge >= 0.3 is 0 Å². The van der Waals surface area contributed by atoms with Gasteiger partial charge in [-0.1, -0.05) is 0 Å². The van der Waals surface area contributed by atoms with E-state index in [-0.39, 0.29) is 0 Å². The molecule has 0 aromatic carbocycles. The van der Waals surface area contributed by atoms with Crippen molar-refractivity contribution in [3.05, 3.63) is 30.2 Å². The Morgan fingerprint density at radius 3 is 3.08 bits per heavy atom. The monoisotopic (exact) mass is 180 g/mol. The molecule has 0 bridgehead atoms. The van der Waals surface area contributed by atoms with Gasteiger partial charge < -0.3 is 10.2 Å². The molecule has 0 aliphatic heterocycles. The molecule has 0 radical (unpaired) electrons. The second kappa shape index (κ2) is 3.08. The third kappa shape index (κ3) is 1.26. The molecule has 2 heterocycles. The molecule has 0 aliphatic carbocycles. The molecule has 2 aromatic heterocycles. The smallest absolute Gasteiger partial charge is 0.145 e. The van der Waals surface area contributed by atoms with Crippen LogP contribution in [0.2, 0.25) is 0 Å². The van der Waals surface area contributed by atoms with Crippen LogP contribution in [0.3, 0.4) is 0 Å². The molecule has 0 fully saturated rings. The van der Waals surface area contributed by atoms with Crippen LogP contribution in [0.1, 0.15) is 5.56 Å². The standard InChI is InChI=1S/C8H8N2OS/c9-4-6-3-7(11-5-6)8-1-2-10-12-8/h1-3,5H,4,9H2. The van der Waals surface area contributed by atoms with Gasteiger partial charge in [0, 0.05) is 18.3 Å². The van der Waals surface area contributed by atoms with Gasteiger partial charge in [0.25, 0.3) is 0 Å².